The van der Waals surface area contributed by atoms with Gasteiger partial charge in [0.1, 0.15) is 11.9 Å². The Labute approximate surface area is 221 Å². The Bertz CT molecular complexity index is 1640. The molecule has 2 fully saturated rings. The van der Waals surface area contributed by atoms with Crippen molar-refractivity contribution in [2.75, 3.05) is 56.4 Å². The molecule has 0 bridgehead atoms. The first-order chi connectivity index (χ1) is 19.0. The molecule has 5 aromatic rings. The summed E-state index contributed by atoms with van der Waals surface area (Å²) < 4.78 is 43.3. The predicted molar refractivity (Wildman–Crippen MR) is 138 cm³/mol. The Balaban J connectivity index is 1.03. The number of hydrogen-bond acceptors (Lipinski definition) is 10. The number of halogens is 2. The lowest BCUT2D eigenvalue weighted by molar-refractivity contribution is 0.136. The summed E-state index contributed by atoms with van der Waals surface area (Å²) in [6.45, 7) is 5.27. The Morgan fingerprint density at radius 2 is 1.90 bits per heavy atom. The molecule has 2 saturated heterocycles. The van der Waals surface area contributed by atoms with E-state index < -0.39 is 11.6 Å². The van der Waals surface area contributed by atoms with Gasteiger partial charge in [0, 0.05) is 57.9 Å². The highest BCUT2D eigenvalue weighted by Gasteiger charge is 2.25. The third kappa shape index (κ3) is 4.30. The molecule has 6 heterocycles. The zero-order valence-electron chi connectivity index (χ0n) is 20.9. The summed E-state index contributed by atoms with van der Waals surface area (Å²) in [4.78, 5) is 13.3. The minimum absolute atomic E-state index is 0.0863. The molecule has 12 nitrogen and oxygen atoms in total. The topological polar surface area (TPSA) is 128 Å². The van der Waals surface area contributed by atoms with Crippen molar-refractivity contribution >= 4 is 28.3 Å². The zero-order chi connectivity index (χ0) is 26.5. The smallest absolute Gasteiger partial charge is 0.225 e. The fourth-order valence-electron chi connectivity index (χ4n) is 4.96. The molecule has 4 aromatic heterocycles. The SMILES string of the molecule is Nc1nc2c(cnn2CCN2CCN(c3cc(OC4CNC4)c(F)cc3F)CC2)c2nc(-c3ccco3)nn12. The number of nitrogen functional groups attached to an aromatic ring is 1. The second-order valence-corrected chi connectivity index (χ2v) is 9.68. The van der Waals surface area contributed by atoms with Gasteiger partial charge in [-0.15, -0.1) is 5.10 Å². The number of ether oxygens (including phenoxy) is 1. The highest BCUT2D eigenvalue weighted by molar-refractivity contribution is 5.90. The maximum Gasteiger partial charge on any atom is 0.225 e. The van der Waals surface area contributed by atoms with E-state index in [9.17, 15) is 8.78 Å². The number of hydrogen-bond donors (Lipinski definition) is 2. The monoisotopic (exact) mass is 536 g/mol. The van der Waals surface area contributed by atoms with Crippen LogP contribution in [0.1, 0.15) is 0 Å². The summed E-state index contributed by atoms with van der Waals surface area (Å²) in [7, 11) is 0. The number of nitrogens with two attached hydrogens (primary N) is 1. The standard InChI is InChI=1S/C25H26F2N10O2/c26-17-10-18(27)21(39-15-12-29-13-15)11-19(17)35-6-3-34(4-7-35)5-8-36-23-16(14-30-36)24-31-22(20-2-1-9-38-20)33-37(24)25(28)32-23/h1-2,9-11,14-15,29H,3-8,12-13H2,(H2,28,32). The van der Waals surface area contributed by atoms with Crippen LogP contribution in [0.2, 0.25) is 0 Å². The molecule has 0 unspecified atom stereocenters. The fraction of sp³-hybridized carbons (Fsp3) is 0.360. The molecule has 7 rings (SSSR count). The number of aromatic nitrogens is 6. The Morgan fingerprint density at radius 3 is 2.64 bits per heavy atom. The second kappa shape index (κ2) is 9.47. The maximum atomic E-state index is 14.6. The van der Waals surface area contributed by atoms with Crippen LogP contribution in [-0.2, 0) is 6.54 Å². The zero-order valence-corrected chi connectivity index (χ0v) is 20.9. The average molecular weight is 537 g/mol. The van der Waals surface area contributed by atoms with Crippen LogP contribution >= 0.6 is 0 Å². The molecular weight excluding hydrogens is 510 g/mol. The molecule has 39 heavy (non-hydrogen) atoms. The molecule has 0 amide bonds. The van der Waals surface area contributed by atoms with Gasteiger partial charge in [0.2, 0.25) is 11.8 Å². The molecular formula is C25H26F2N10O2. The third-order valence-corrected chi connectivity index (χ3v) is 7.22. The van der Waals surface area contributed by atoms with Crippen molar-refractivity contribution in [3.05, 3.63) is 48.4 Å². The van der Waals surface area contributed by atoms with Crippen LogP contribution in [0.3, 0.4) is 0 Å². The van der Waals surface area contributed by atoms with Gasteiger partial charge in [-0.05, 0) is 12.1 Å². The summed E-state index contributed by atoms with van der Waals surface area (Å²) >= 11 is 0. The van der Waals surface area contributed by atoms with Crippen LogP contribution in [-0.4, -0.2) is 86.2 Å². The van der Waals surface area contributed by atoms with Gasteiger partial charge in [0.15, 0.2) is 28.6 Å². The van der Waals surface area contributed by atoms with Gasteiger partial charge >= 0.3 is 0 Å². The number of furan rings is 1. The van der Waals surface area contributed by atoms with Crippen molar-refractivity contribution in [3.63, 3.8) is 0 Å². The summed E-state index contributed by atoms with van der Waals surface area (Å²) in [5, 5.41) is 12.8. The molecule has 0 spiro atoms. The average Bonchev–Trinajstić information content (AvgIpc) is 3.66. The lowest BCUT2D eigenvalue weighted by atomic mass is 10.2. The van der Waals surface area contributed by atoms with Crippen molar-refractivity contribution in [2.24, 2.45) is 0 Å². The number of fused-ring (bicyclic) bond motifs is 3. The molecule has 2 aliphatic rings. The van der Waals surface area contributed by atoms with Crippen LogP contribution in [0.25, 0.3) is 28.3 Å². The Kier molecular flexibility index (Phi) is 5.77. The van der Waals surface area contributed by atoms with E-state index in [1.165, 1.54) is 10.6 Å². The van der Waals surface area contributed by atoms with E-state index in [4.69, 9.17) is 14.9 Å². The molecule has 0 atom stereocenters. The van der Waals surface area contributed by atoms with Crippen LogP contribution in [0.15, 0.2) is 41.1 Å². The van der Waals surface area contributed by atoms with Crippen molar-refractivity contribution in [1.82, 2.24) is 39.6 Å². The molecule has 202 valence electrons. The summed E-state index contributed by atoms with van der Waals surface area (Å²) in [5.41, 5.74) is 7.74. The van der Waals surface area contributed by atoms with Gasteiger partial charge in [-0.25, -0.2) is 18.4 Å². The Hall–Kier alpha value is -4.30. The molecule has 1 aromatic carbocycles. The summed E-state index contributed by atoms with van der Waals surface area (Å²) in [5.74, 6) is -0.00224. The summed E-state index contributed by atoms with van der Waals surface area (Å²) in [6, 6.07) is 5.94. The van der Waals surface area contributed by atoms with Crippen molar-refractivity contribution < 1.29 is 17.9 Å². The van der Waals surface area contributed by atoms with Crippen LogP contribution < -0.4 is 20.7 Å². The van der Waals surface area contributed by atoms with Gasteiger partial charge < -0.3 is 25.1 Å². The lowest BCUT2D eigenvalue weighted by Crippen LogP contribution is -2.50. The number of nitrogens with one attached hydrogen (secondary N) is 1. The first-order valence-electron chi connectivity index (χ1n) is 12.8. The molecule has 14 heteroatoms. The molecule has 0 radical (unpaired) electrons. The van der Waals surface area contributed by atoms with Gasteiger partial charge in [0.25, 0.3) is 0 Å². The fourth-order valence-corrected chi connectivity index (χ4v) is 4.96. The molecule has 2 aliphatic heterocycles. The quantitative estimate of drug-likeness (QED) is 0.318. The second-order valence-electron chi connectivity index (χ2n) is 9.68. The van der Waals surface area contributed by atoms with Crippen molar-refractivity contribution in [2.45, 2.75) is 12.6 Å². The molecule has 3 N–H and O–H groups in total. The van der Waals surface area contributed by atoms with E-state index in [1.807, 2.05) is 4.90 Å². The van der Waals surface area contributed by atoms with Crippen molar-refractivity contribution in [3.8, 4) is 17.3 Å². The normalized spacial score (nSPS) is 16.8. The predicted octanol–water partition coefficient (Wildman–Crippen LogP) is 1.77. The Morgan fingerprint density at radius 1 is 1.05 bits per heavy atom. The van der Waals surface area contributed by atoms with Crippen LogP contribution in [0.5, 0.6) is 5.75 Å². The van der Waals surface area contributed by atoms with Crippen molar-refractivity contribution in [1.29, 1.82) is 0 Å². The van der Waals surface area contributed by atoms with E-state index >= 15 is 0 Å². The first kappa shape index (κ1) is 23.8. The van der Waals surface area contributed by atoms with Crippen LogP contribution in [0.4, 0.5) is 20.4 Å². The molecule has 0 saturated carbocycles. The molecule has 0 aliphatic carbocycles. The van der Waals surface area contributed by atoms with Gasteiger partial charge in [0.05, 0.1) is 30.1 Å². The van der Waals surface area contributed by atoms with E-state index in [1.54, 1.807) is 29.3 Å². The van der Waals surface area contributed by atoms with Gasteiger partial charge in [-0.1, -0.05) is 0 Å². The number of piperazine rings is 1. The van der Waals surface area contributed by atoms with E-state index in [-0.39, 0.29) is 17.8 Å². The van der Waals surface area contributed by atoms with Gasteiger partial charge in [-0.2, -0.15) is 14.6 Å². The first-order valence-corrected chi connectivity index (χ1v) is 12.8. The highest BCUT2D eigenvalue weighted by Crippen LogP contribution is 2.30. The van der Waals surface area contributed by atoms with Crippen LogP contribution in [0, 0.1) is 11.6 Å². The maximum absolute atomic E-state index is 14.6. The van der Waals surface area contributed by atoms with Gasteiger partial charge in [-0.3, -0.25) is 4.90 Å². The number of rotatable bonds is 7. The van der Waals surface area contributed by atoms with E-state index in [0.717, 1.165) is 31.1 Å². The van der Waals surface area contributed by atoms with E-state index in [0.29, 0.717) is 61.3 Å². The minimum atomic E-state index is -0.678. The number of benzene rings is 1. The largest absolute Gasteiger partial charge is 0.485 e. The third-order valence-electron chi connectivity index (χ3n) is 7.22. The number of nitrogens with zero attached hydrogens (tertiary/aromatic N) is 8. The highest BCUT2D eigenvalue weighted by atomic mass is 19.1. The number of anilines is 2. The minimum Gasteiger partial charge on any atom is -0.485 e. The van der Waals surface area contributed by atoms with E-state index in [2.05, 4.69) is 30.4 Å². The lowest BCUT2D eigenvalue weighted by Gasteiger charge is -2.36. The summed E-state index contributed by atoms with van der Waals surface area (Å²) in [6.07, 6.45) is 3.19.